The van der Waals surface area contributed by atoms with Crippen molar-refractivity contribution < 1.29 is 4.42 Å². The molecule has 0 spiro atoms. The highest BCUT2D eigenvalue weighted by Gasteiger charge is 2.36. The molecule has 2 aromatic rings. The van der Waals surface area contributed by atoms with Crippen LogP contribution in [-0.2, 0) is 0 Å². The first-order valence-corrected chi connectivity index (χ1v) is 8.29. The lowest BCUT2D eigenvalue weighted by Crippen LogP contribution is -2.39. The van der Waals surface area contributed by atoms with E-state index in [1.165, 1.54) is 38.6 Å². The minimum absolute atomic E-state index is 0.0157. The maximum Gasteiger partial charge on any atom is 0.134 e. The summed E-state index contributed by atoms with van der Waals surface area (Å²) in [7, 11) is 0. The second-order valence-electron chi connectivity index (χ2n) is 6.69. The monoisotopic (exact) mass is 284 g/mol. The Hall–Kier alpha value is -1.32. The standard InChI is InChI=1S/C18H24N2O/c19-15(18-11-14-6-2-4-8-17(14)21-18)12-20-10-9-13-5-1-3-7-16(13)20/h2,4,6,8,11,13,15-16H,1,3,5,7,9-10,12,19H2. The molecule has 1 aliphatic carbocycles. The first-order valence-electron chi connectivity index (χ1n) is 8.29. The van der Waals surface area contributed by atoms with Gasteiger partial charge in [-0.2, -0.15) is 0 Å². The highest BCUT2D eigenvalue weighted by atomic mass is 16.3. The highest BCUT2D eigenvalue weighted by molar-refractivity contribution is 5.77. The number of hydrogen-bond acceptors (Lipinski definition) is 3. The van der Waals surface area contributed by atoms with E-state index >= 15 is 0 Å². The Morgan fingerprint density at radius 3 is 2.95 bits per heavy atom. The Kier molecular flexibility index (Phi) is 3.48. The number of fused-ring (bicyclic) bond motifs is 2. The summed E-state index contributed by atoms with van der Waals surface area (Å²) < 4.78 is 5.92. The van der Waals surface area contributed by atoms with Crippen LogP contribution in [0, 0.1) is 5.92 Å². The Balaban J connectivity index is 1.48. The third-order valence-corrected chi connectivity index (χ3v) is 5.37. The van der Waals surface area contributed by atoms with E-state index in [1.807, 2.05) is 18.2 Å². The molecule has 1 aliphatic heterocycles. The van der Waals surface area contributed by atoms with Crippen molar-refractivity contribution in [2.45, 2.75) is 44.2 Å². The molecule has 3 unspecified atom stereocenters. The van der Waals surface area contributed by atoms with Gasteiger partial charge in [-0.25, -0.2) is 0 Å². The van der Waals surface area contributed by atoms with E-state index in [0.717, 1.165) is 35.2 Å². The van der Waals surface area contributed by atoms with Gasteiger partial charge in [0.1, 0.15) is 11.3 Å². The number of likely N-dealkylation sites (tertiary alicyclic amines) is 1. The van der Waals surface area contributed by atoms with Gasteiger partial charge in [0, 0.05) is 18.0 Å². The Morgan fingerprint density at radius 1 is 1.19 bits per heavy atom. The smallest absolute Gasteiger partial charge is 0.134 e. The van der Waals surface area contributed by atoms with Crippen molar-refractivity contribution in [1.29, 1.82) is 0 Å². The van der Waals surface area contributed by atoms with Crippen LogP contribution in [0.15, 0.2) is 34.7 Å². The predicted molar refractivity (Wildman–Crippen MR) is 85.1 cm³/mol. The third kappa shape index (κ3) is 2.49. The molecular formula is C18H24N2O. The zero-order chi connectivity index (χ0) is 14.2. The lowest BCUT2D eigenvalue weighted by molar-refractivity contribution is 0.170. The van der Waals surface area contributed by atoms with Gasteiger partial charge in [0.15, 0.2) is 0 Å². The molecule has 2 heterocycles. The zero-order valence-electron chi connectivity index (χ0n) is 12.5. The van der Waals surface area contributed by atoms with Gasteiger partial charge in [0.2, 0.25) is 0 Å². The first-order chi connectivity index (χ1) is 10.3. The molecule has 1 aromatic heterocycles. The fourth-order valence-corrected chi connectivity index (χ4v) is 4.26. The van der Waals surface area contributed by atoms with Crippen molar-refractivity contribution in [3.63, 3.8) is 0 Å². The van der Waals surface area contributed by atoms with Crippen molar-refractivity contribution in [3.05, 3.63) is 36.1 Å². The largest absolute Gasteiger partial charge is 0.459 e. The van der Waals surface area contributed by atoms with Gasteiger partial charge in [-0.3, -0.25) is 4.90 Å². The Morgan fingerprint density at radius 2 is 2.05 bits per heavy atom. The molecule has 0 bridgehead atoms. The van der Waals surface area contributed by atoms with Crippen molar-refractivity contribution in [1.82, 2.24) is 4.90 Å². The maximum atomic E-state index is 6.43. The van der Waals surface area contributed by atoms with E-state index in [-0.39, 0.29) is 6.04 Å². The van der Waals surface area contributed by atoms with Gasteiger partial charge >= 0.3 is 0 Å². The highest BCUT2D eigenvalue weighted by Crippen LogP contribution is 2.37. The van der Waals surface area contributed by atoms with Gasteiger partial charge < -0.3 is 10.2 Å². The average Bonchev–Trinajstić information content (AvgIpc) is 3.11. The lowest BCUT2D eigenvalue weighted by atomic mass is 9.85. The van der Waals surface area contributed by atoms with E-state index < -0.39 is 0 Å². The summed E-state index contributed by atoms with van der Waals surface area (Å²) >= 11 is 0. The molecule has 2 aliphatic rings. The van der Waals surface area contributed by atoms with Crippen LogP contribution in [0.4, 0.5) is 0 Å². The fraction of sp³-hybridized carbons (Fsp3) is 0.556. The van der Waals surface area contributed by atoms with Crippen molar-refractivity contribution in [3.8, 4) is 0 Å². The van der Waals surface area contributed by atoms with Gasteiger partial charge in [-0.05, 0) is 43.9 Å². The van der Waals surface area contributed by atoms with Gasteiger partial charge in [0.05, 0.1) is 6.04 Å². The number of hydrogen-bond donors (Lipinski definition) is 1. The van der Waals surface area contributed by atoms with E-state index in [1.54, 1.807) is 0 Å². The summed E-state index contributed by atoms with van der Waals surface area (Å²) in [6, 6.07) is 11.0. The maximum absolute atomic E-state index is 6.43. The van der Waals surface area contributed by atoms with E-state index in [2.05, 4.69) is 17.0 Å². The molecule has 1 aromatic carbocycles. The molecule has 112 valence electrons. The van der Waals surface area contributed by atoms with Gasteiger partial charge in [-0.1, -0.05) is 31.0 Å². The molecule has 3 heteroatoms. The van der Waals surface area contributed by atoms with Gasteiger partial charge in [0.25, 0.3) is 0 Å². The second-order valence-corrected chi connectivity index (χ2v) is 6.69. The number of nitrogens with two attached hydrogens (primary N) is 1. The van der Waals surface area contributed by atoms with Crippen LogP contribution in [-0.4, -0.2) is 24.0 Å². The number of rotatable bonds is 3. The summed E-state index contributed by atoms with van der Waals surface area (Å²) in [5.74, 6) is 1.84. The molecular weight excluding hydrogens is 260 g/mol. The van der Waals surface area contributed by atoms with E-state index in [9.17, 15) is 0 Å². The van der Waals surface area contributed by atoms with E-state index in [4.69, 9.17) is 10.2 Å². The molecule has 2 fully saturated rings. The van der Waals surface area contributed by atoms with Crippen LogP contribution in [0.3, 0.4) is 0 Å². The Bertz CT molecular complexity index is 587. The van der Waals surface area contributed by atoms with Crippen LogP contribution in [0.25, 0.3) is 11.0 Å². The molecule has 0 amide bonds. The molecule has 3 atom stereocenters. The topological polar surface area (TPSA) is 42.4 Å². The third-order valence-electron chi connectivity index (χ3n) is 5.37. The first kappa shape index (κ1) is 13.4. The van der Waals surface area contributed by atoms with Crippen molar-refractivity contribution in [2.24, 2.45) is 11.7 Å². The summed E-state index contributed by atoms with van der Waals surface area (Å²) in [6.07, 6.45) is 6.94. The molecule has 2 N–H and O–H groups in total. The molecule has 0 radical (unpaired) electrons. The van der Waals surface area contributed by atoms with Crippen LogP contribution in [0.2, 0.25) is 0 Å². The summed E-state index contributed by atoms with van der Waals surface area (Å²) in [5, 5.41) is 1.15. The van der Waals surface area contributed by atoms with Crippen molar-refractivity contribution >= 4 is 11.0 Å². The van der Waals surface area contributed by atoms with Crippen LogP contribution < -0.4 is 5.73 Å². The number of nitrogens with zero attached hydrogens (tertiary/aromatic N) is 1. The summed E-state index contributed by atoms with van der Waals surface area (Å²) in [6.45, 7) is 2.14. The van der Waals surface area contributed by atoms with Crippen LogP contribution in [0.1, 0.15) is 43.9 Å². The van der Waals surface area contributed by atoms with Crippen LogP contribution >= 0.6 is 0 Å². The molecule has 4 rings (SSSR count). The summed E-state index contributed by atoms with van der Waals surface area (Å²) in [5.41, 5.74) is 7.37. The number of benzene rings is 1. The average molecular weight is 284 g/mol. The molecule has 21 heavy (non-hydrogen) atoms. The van der Waals surface area contributed by atoms with E-state index in [0.29, 0.717) is 0 Å². The predicted octanol–water partition coefficient (Wildman–Crippen LogP) is 3.70. The minimum Gasteiger partial charge on any atom is -0.459 e. The lowest BCUT2D eigenvalue weighted by Gasteiger charge is -2.32. The summed E-state index contributed by atoms with van der Waals surface area (Å²) in [4.78, 5) is 2.61. The van der Waals surface area contributed by atoms with Crippen LogP contribution in [0.5, 0.6) is 0 Å². The fourth-order valence-electron chi connectivity index (χ4n) is 4.26. The SMILES string of the molecule is NC(CN1CCC2CCCCC21)c1cc2ccccc2o1. The zero-order valence-corrected chi connectivity index (χ0v) is 12.5. The minimum atomic E-state index is -0.0157. The molecule has 1 saturated heterocycles. The number of furan rings is 1. The van der Waals surface area contributed by atoms with Gasteiger partial charge in [-0.15, -0.1) is 0 Å². The quantitative estimate of drug-likeness (QED) is 0.934. The van der Waals surface area contributed by atoms with Crippen molar-refractivity contribution in [2.75, 3.05) is 13.1 Å². The number of para-hydroxylation sites is 1. The second kappa shape index (κ2) is 5.47. The molecule has 1 saturated carbocycles. The molecule has 3 nitrogen and oxygen atoms in total. The normalized spacial score (nSPS) is 27.9. The Labute approximate surface area is 126 Å².